The molecule has 0 spiro atoms. The Balaban J connectivity index is 1.58. The monoisotopic (exact) mass is 394 g/mol. The lowest BCUT2D eigenvalue weighted by molar-refractivity contribution is -0.118. The normalized spacial score (nSPS) is 16.5. The van der Waals surface area contributed by atoms with Crippen LogP contribution in [-0.2, 0) is 21.2 Å². The average Bonchev–Trinajstić information content (AvgIpc) is 3.03. The van der Waals surface area contributed by atoms with Crippen molar-refractivity contribution in [3.05, 3.63) is 72.3 Å². The molecule has 0 aliphatic carbocycles. The van der Waals surface area contributed by atoms with E-state index in [-0.39, 0.29) is 23.4 Å². The fourth-order valence-electron chi connectivity index (χ4n) is 3.81. The van der Waals surface area contributed by atoms with E-state index in [4.69, 9.17) is 0 Å². The second-order valence-corrected chi connectivity index (χ2v) is 9.26. The van der Waals surface area contributed by atoms with Crippen LogP contribution >= 0.6 is 0 Å². The maximum Gasteiger partial charge on any atom is 0.243 e. The van der Waals surface area contributed by atoms with Crippen LogP contribution in [0.1, 0.15) is 12.5 Å². The Kier molecular flexibility index (Phi) is 4.69. The Morgan fingerprint density at radius 3 is 2.50 bits per heavy atom. The molecule has 0 N–H and O–H groups in total. The van der Waals surface area contributed by atoms with E-state index in [2.05, 4.69) is 0 Å². The Hall–Kier alpha value is -2.70. The average molecular weight is 394 g/mol. The molecule has 0 radical (unpaired) electrons. The Morgan fingerprint density at radius 1 is 1.04 bits per heavy atom. The molecule has 1 amide bonds. The number of hydrogen-bond acceptors (Lipinski definition) is 3. The van der Waals surface area contributed by atoms with Crippen LogP contribution in [0, 0.1) is 0 Å². The van der Waals surface area contributed by atoms with Crippen LogP contribution in [0.4, 0.5) is 5.69 Å². The standard InChI is InChI=1S/C22H22N2O3S/c1-16-13-19-9-5-6-10-21(19)24(16)22(25)15-23(2)28(26,27)20-12-11-17-7-3-4-8-18(17)14-20/h3-12,14,16H,13,15H2,1-2H3. The highest BCUT2D eigenvalue weighted by Crippen LogP contribution is 2.32. The molecule has 0 saturated heterocycles. The van der Waals surface area contributed by atoms with Gasteiger partial charge in [-0.2, -0.15) is 4.31 Å². The summed E-state index contributed by atoms with van der Waals surface area (Å²) in [6.07, 6.45) is 0.781. The molecule has 0 aromatic heterocycles. The first kappa shape index (κ1) is 18.7. The topological polar surface area (TPSA) is 57.7 Å². The minimum Gasteiger partial charge on any atom is -0.308 e. The number of sulfonamides is 1. The number of carbonyl (C=O) groups is 1. The number of rotatable bonds is 4. The van der Waals surface area contributed by atoms with Crippen molar-refractivity contribution in [1.29, 1.82) is 0 Å². The SMILES string of the molecule is CC1Cc2ccccc2N1C(=O)CN(C)S(=O)(=O)c1ccc2ccccc2c1. The maximum absolute atomic E-state index is 13.0. The van der Waals surface area contributed by atoms with Crippen molar-refractivity contribution in [2.45, 2.75) is 24.3 Å². The molecular weight excluding hydrogens is 372 g/mol. The van der Waals surface area contributed by atoms with Gasteiger partial charge in [0.2, 0.25) is 15.9 Å². The fourth-order valence-corrected chi connectivity index (χ4v) is 4.96. The van der Waals surface area contributed by atoms with Gasteiger partial charge < -0.3 is 4.90 Å². The molecule has 1 aliphatic rings. The minimum atomic E-state index is -3.76. The molecule has 144 valence electrons. The zero-order chi connectivity index (χ0) is 19.9. The van der Waals surface area contributed by atoms with Gasteiger partial charge >= 0.3 is 0 Å². The van der Waals surface area contributed by atoms with Crippen molar-refractivity contribution in [1.82, 2.24) is 4.31 Å². The summed E-state index contributed by atoms with van der Waals surface area (Å²) in [5.74, 6) is -0.218. The van der Waals surface area contributed by atoms with E-state index < -0.39 is 10.0 Å². The van der Waals surface area contributed by atoms with Crippen molar-refractivity contribution < 1.29 is 13.2 Å². The summed E-state index contributed by atoms with van der Waals surface area (Å²) < 4.78 is 27.1. The lowest BCUT2D eigenvalue weighted by Crippen LogP contribution is -2.43. The summed E-state index contributed by atoms with van der Waals surface area (Å²) in [6, 6.07) is 20.4. The van der Waals surface area contributed by atoms with Gasteiger partial charge in [0.1, 0.15) is 0 Å². The highest BCUT2D eigenvalue weighted by molar-refractivity contribution is 7.89. The van der Waals surface area contributed by atoms with E-state index in [9.17, 15) is 13.2 Å². The lowest BCUT2D eigenvalue weighted by atomic mass is 10.1. The molecule has 28 heavy (non-hydrogen) atoms. The van der Waals surface area contributed by atoms with E-state index in [1.54, 1.807) is 23.1 Å². The zero-order valence-corrected chi connectivity index (χ0v) is 16.7. The molecule has 0 bridgehead atoms. The second kappa shape index (κ2) is 7.04. The molecular formula is C22H22N2O3S. The number of fused-ring (bicyclic) bond motifs is 2. The first-order valence-corrected chi connectivity index (χ1v) is 10.7. The number of benzene rings is 3. The van der Waals surface area contributed by atoms with Crippen molar-refractivity contribution in [2.75, 3.05) is 18.5 Å². The second-order valence-electron chi connectivity index (χ2n) is 7.22. The largest absolute Gasteiger partial charge is 0.308 e. The van der Waals surface area contributed by atoms with Gasteiger partial charge in [0.15, 0.2) is 0 Å². The third-order valence-corrected chi connectivity index (χ3v) is 7.06. The Morgan fingerprint density at radius 2 is 1.71 bits per heavy atom. The molecule has 6 heteroatoms. The summed E-state index contributed by atoms with van der Waals surface area (Å²) in [5.41, 5.74) is 1.99. The van der Waals surface area contributed by atoms with Gasteiger partial charge in [-0.1, -0.05) is 48.5 Å². The first-order chi connectivity index (χ1) is 13.4. The number of likely N-dealkylation sites (N-methyl/N-ethyl adjacent to an activating group) is 1. The number of anilines is 1. The van der Waals surface area contributed by atoms with E-state index in [0.29, 0.717) is 0 Å². The van der Waals surface area contributed by atoms with Crippen LogP contribution in [0.2, 0.25) is 0 Å². The highest BCUT2D eigenvalue weighted by atomic mass is 32.2. The van der Waals surface area contributed by atoms with Gasteiger partial charge in [0, 0.05) is 18.8 Å². The molecule has 1 aliphatic heterocycles. The molecule has 0 saturated carbocycles. The number of amides is 1. The van der Waals surface area contributed by atoms with Crippen LogP contribution in [0.5, 0.6) is 0 Å². The molecule has 4 rings (SSSR count). The molecule has 1 unspecified atom stereocenters. The lowest BCUT2D eigenvalue weighted by Gasteiger charge is -2.25. The predicted octanol–water partition coefficient (Wildman–Crippen LogP) is 3.44. The van der Waals surface area contributed by atoms with E-state index in [1.165, 1.54) is 7.05 Å². The predicted molar refractivity (Wildman–Crippen MR) is 111 cm³/mol. The van der Waals surface area contributed by atoms with Crippen molar-refractivity contribution in [2.24, 2.45) is 0 Å². The van der Waals surface area contributed by atoms with Gasteiger partial charge in [-0.25, -0.2) is 8.42 Å². The van der Waals surface area contributed by atoms with Crippen LogP contribution in [0.3, 0.4) is 0 Å². The van der Waals surface area contributed by atoms with Gasteiger partial charge in [0.05, 0.1) is 11.4 Å². The number of hydrogen-bond donors (Lipinski definition) is 0. The molecule has 3 aromatic carbocycles. The van der Waals surface area contributed by atoms with Crippen molar-refractivity contribution in [3.63, 3.8) is 0 Å². The summed E-state index contributed by atoms with van der Waals surface area (Å²) in [6.45, 7) is 1.78. The summed E-state index contributed by atoms with van der Waals surface area (Å²) in [5, 5.41) is 1.83. The van der Waals surface area contributed by atoms with E-state index >= 15 is 0 Å². The molecule has 5 nitrogen and oxygen atoms in total. The van der Waals surface area contributed by atoms with Crippen LogP contribution in [0.15, 0.2) is 71.6 Å². The summed E-state index contributed by atoms with van der Waals surface area (Å²) in [4.78, 5) is 14.8. The first-order valence-electron chi connectivity index (χ1n) is 9.23. The maximum atomic E-state index is 13.0. The molecule has 3 aromatic rings. The summed E-state index contributed by atoms with van der Waals surface area (Å²) >= 11 is 0. The minimum absolute atomic E-state index is 0.0154. The number of carbonyl (C=O) groups excluding carboxylic acids is 1. The smallest absolute Gasteiger partial charge is 0.243 e. The van der Waals surface area contributed by atoms with Gasteiger partial charge in [-0.15, -0.1) is 0 Å². The third kappa shape index (κ3) is 3.19. The Labute approximate surface area is 165 Å². The van der Waals surface area contributed by atoms with Gasteiger partial charge in [-0.05, 0) is 47.9 Å². The molecule has 1 atom stereocenters. The van der Waals surface area contributed by atoms with Crippen molar-refractivity contribution in [3.8, 4) is 0 Å². The van der Waals surface area contributed by atoms with E-state index in [0.717, 1.165) is 32.7 Å². The van der Waals surface area contributed by atoms with Crippen LogP contribution < -0.4 is 4.90 Å². The Bertz CT molecular complexity index is 1160. The van der Waals surface area contributed by atoms with Crippen LogP contribution in [0.25, 0.3) is 10.8 Å². The molecule has 0 fully saturated rings. The van der Waals surface area contributed by atoms with Gasteiger partial charge in [0.25, 0.3) is 0 Å². The van der Waals surface area contributed by atoms with Crippen molar-refractivity contribution >= 4 is 32.4 Å². The van der Waals surface area contributed by atoms with Gasteiger partial charge in [-0.3, -0.25) is 4.79 Å². The number of para-hydroxylation sites is 1. The highest BCUT2D eigenvalue weighted by Gasteiger charge is 2.33. The fraction of sp³-hybridized carbons (Fsp3) is 0.227. The van der Waals surface area contributed by atoms with Crippen LogP contribution in [-0.4, -0.2) is 38.3 Å². The molecule has 1 heterocycles. The summed E-state index contributed by atoms with van der Waals surface area (Å²) in [7, 11) is -2.31. The van der Waals surface area contributed by atoms with E-state index in [1.807, 2.05) is 55.5 Å². The zero-order valence-electron chi connectivity index (χ0n) is 15.9. The third-order valence-electron chi connectivity index (χ3n) is 5.26. The quantitative estimate of drug-likeness (QED) is 0.681. The number of nitrogens with zero attached hydrogens (tertiary/aromatic N) is 2.